The van der Waals surface area contributed by atoms with Crippen molar-refractivity contribution in [2.24, 2.45) is 0 Å². The first-order valence-electron chi connectivity index (χ1n) is 7.02. The highest BCUT2D eigenvalue weighted by Crippen LogP contribution is 2.19. The molecule has 0 N–H and O–H groups in total. The molecule has 0 aliphatic rings. The number of aromatic nitrogens is 2. The molecule has 0 unspecified atom stereocenters. The number of aryl methyl sites for hydroxylation is 2. The number of esters is 1. The first kappa shape index (κ1) is 15.8. The first-order valence-corrected chi connectivity index (χ1v) is 7.55. The van der Waals surface area contributed by atoms with E-state index in [-0.39, 0.29) is 11.8 Å². The number of carbonyl (C=O) groups is 1. The molecule has 0 saturated heterocycles. The van der Waals surface area contributed by atoms with Gasteiger partial charge in [0.2, 0.25) is 0 Å². The Bertz CT molecular complexity index is 627. The number of alkyl halides is 1. The molecule has 21 heavy (non-hydrogen) atoms. The van der Waals surface area contributed by atoms with Crippen LogP contribution in [0.25, 0.3) is 11.0 Å². The number of benzene rings is 1. The van der Waals surface area contributed by atoms with Gasteiger partial charge >= 0.3 is 5.97 Å². The SMILES string of the molecule is CCOC(=O)CCCn1c(CCCl)nc2ccc(F)cc21. The monoisotopic (exact) mass is 312 g/mol. The normalized spacial score (nSPS) is 11.0. The Morgan fingerprint density at radius 1 is 1.48 bits per heavy atom. The molecule has 0 saturated carbocycles. The highest BCUT2D eigenvalue weighted by Gasteiger charge is 2.12. The number of carbonyl (C=O) groups excluding carboxylic acids is 1. The van der Waals surface area contributed by atoms with E-state index in [1.165, 1.54) is 12.1 Å². The summed E-state index contributed by atoms with van der Waals surface area (Å²) in [6.45, 7) is 2.75. The Kier molecular flexibility index (Phi) is 5.56. The average molecular weight is 313 g/mol. The third kappa shape index (κ3) is 3.94. The molecule has 1 heterocycles. The number of halogens is 2. The molecule has 1 aromatic carbocycles. The van der Waals surface area contributed by atoms with Crippen molar-refractivity contribution in [3.63, 3.8) is 0 Å². The molecule has 0 spiro atoms. The summed E-state index contributed by atoms with van der Waals surface area (Å²) in [4.78, 5) is 15.8. The van der Waals surface area contributed by atoms with Crippen molar-refractivity contribution in [3.05, 3.63) is 29.8 Å². The van der Waals surface area contributed by atoms with Crippen molar-refractivity contribution in [1.82, 2.24) is 9.55 Å². The summed E-state index contributed by atoms with van der Waals surface area (Å²) in [6.07, 6.45) is 1.57. The van der Waals surface area contributed by atoms with E-state index in [0.717, 1.165) is 16.9 Å². The molecule has 0 amide bonds. The fourth-order valence-electron chi connectivity index (χ4n) is 2.29. The van der Waals surface area contributed by atoms with Gasteiger partial charge in [-0.25, -0.2) is 9.37 Å². The van der Waals surface area contributed by atoms with E-state index in [1.54, 1.807) is 13.0 Å². The molecule has 114 valence electrons. The highest BCUT2D eigenvalue weighted by atomic mass is 35.5. The van der Waals surface area contributed by atoms with Gasteiger partial charge in [-0.3, -0.25) is 4.79 Å². The van der Waals surface area contributed by atoms with E-state index in [0.29, 0.717) is 38.3 Å². The van der Waals surface area contributed by atoms with E-state index >= 15 is 0 Å². The molecule has 0 aliphatic carbocycles. The van der Waals surface area contributed by atoms with Crippen molar-refractivity contribution < 1.29 is 13.9 Å². The van der Waals surface area contributed by atoms with Crippen molar-refractivity contribution in [2.75, 3.05) is 12.5 Å². The van der Waals surface area contributed by atoms with Crippen LogP contribution in [-0.2, 0) is 22.5 Å². The average Bonchev–Trinajstić information content (AvgIpc) is 2.77. The second kappa shape index (κ2) is 7.41. The minimum absolute atomic E-state index is 0.216. The molecular formula is C15H18ClFN2O2. The smallest absolute Gasteiger partial charge is 0.305 e. The van der Waals surface area contributed by atoms with Crippen LogP contribution in [0.2, 0.25) is 0 Å². The molecule has 0 bridgehead atoms. The summed E-state index contributed by atoms with van der Waals surface area (Å²) in [5.74, 6) is 0.747. The van der Waals surface area contributed by atoms with Gasteiger partial charge in [0, 0.05) is 25.3 Å². The Labute approximate surface area is 127 Å². The van der Waals surface area contributed by atoms with Crippen LogP contribution in [0, 0.1) is 5.82 Å². The summed E-state index contributed by atoms with van der Waals surface area (Å²) < 4.78 is 20.3. The quantitative estimate of drug-likeness (QED) is 0.582. The fourth-order valence-corrected chi connectivity index (χ4v) is 2.45. The lowest BCUT2D eigenvalue weighted by atomic mass is 10.2. The molecule has 0 radical (unpaired) electrons. The van der Waals surface area contributed by atoms with Crippen LogP contribution in [0.15, 0.2) is 18.2 Å². The van der Waals surface area contributed by atoms with Gasteiger partial charge < -0.3 is 9.30 Å². The van der Waals surface area contributed by atoms with Gasteiger partial charge in [0.1, 0.15) is 11.6 Å². The van der Waals surface area contributed by atoms with Gasteiger partial charge in [-0.15, -0.1) is 11.6 Å². The standard InChI is InChI=1S/C15H18ClFN2O2/c1-2-21-15(20)4-3-9-19-13-10-11(17)5-6-12(13)18-14(19)7-8-16/h5-6,10H,2-4,7-9H2,1H3. The van der Waals surface area contributed by atoms with Crippen LogP contribution in [-0.4, -0.2) is 28.0 Å². The predicted octanol–water partition coefficient (Wildman–Crippen LogP) is 3.30. The van der Waals surface area contributed by atoms with Crippen LogP contribution >= 0.6 is 11.6 Å². The van der Waals surface area contributed by atoms with Crippen molar-refractivity contribution in [1.29, 1.82) is 0 Å². The van der Waals surface area contributed by atoms with Gasteiger partial charge in [-0.1, -0.05) is 0 Å². The van der Waals surface area contributed by atoms with Crippen LogP contribution in [0.3, 0.4) is 0 Å². The lowest BCUT2D eigenvalue weighted by Crippen LogP contribution is -2.09. The molecule has 2 aromatic rings. The van der Waals surface area contributed by atoms with Crippen molar-refractivity contribution in [3.8, 4) is 0 Å². The van der Waals surface area contributed by atoms with E-state index in [1.807, 2.05) is 4.57 Å². The third-order valence-corrected chi connectivity index (χ3v) is 3.36. The number of hydrogen-bond donors (Lipinski definition) is 0. The van der Waals surface area contributed by atoms with E-state index in [9.17, 15) is 9.18 Å². The van der Waals surface area contributed by atoms with Gasteiger partial charge in [0.25, 0.3) is 0 Å². The number of ether oxygens (including phenoxy) is 1. The Balaban J connectivity index is 2.17. The predicted molar refractivity (Wildman–Crippen MR) is 80.0 cm³/mol. The van der Waals surface area contributed by atoms with E-state index < -0.39 is 0 Å². The van der Waals surface area contributed by atoms with Crippen LogP contribution < -0.4 is 0 Å². The first-order chi connectivity index (χ1) is 10.2. The lowest BCUT2D eigenvalue weighted by molar-refractivity contribution is -0.143. The number of hydrogen-bond acceptors (Lipinski definition) is 3. The molecule has 2 rings (SSSR count). The molecular weight excluding hydrogens is 295 g/mol. The summed E-state index contributed by atoms with van der Waals surface area (Å²) in [7, 11) is 0. The number of rotatable bonds is 7. The largest absolute Gasteiger partial charge is 0.466 e. The fraction of sp³-hybridized carbons (Fsp3) is 0.467. The summed E-state index contributed by atoms with van der Waals surface area (Å²) in [5, 5.41) is 0. The molecule has 0 aliphatic heterocycles. The summed E-state index contributed by atoms with van der Waals surface area (Å²) in [6, 6.07) is 4.51. The molecule has 6 heteroatoms. The zero-order valence-corrected chi connectivity index (χ0v) is 12.7. The highest BCUT2D eigenvalue weighted by molar-refractivity contribution is 6.17. The van der Waals surface area contributed by atoms with Crippen molar-refractivity contribution >= 4 is 28.6 Å². The maximum absolute atomic E-state index is 13.4. The third-order valence-electron chi connectivity index (χ3n) is 3.18. The molecule has 0 atom stereocenters. The van der Waals surface area contributed by atoms with Crippen LogP contribution in [0.1, 0.15) is 25.6 Å². The number of imidazole rings is 1. The second-order valence-corrected chi connectivity index (χ2v) is 5.04. The Morgan fingerprint density at radius 2 is 2.29 bits per heavy atom. The zero-order chi connectivity index (χ0) is 15.2. The number of fused-ring (bicyclic) bond motifs is 1. The van der Waals surface area contributed by atoms with Gasteiger partial charge in [0.05, 0.1) is 17.6 Å². The van der Waals surface area contributed by atoms with Crippen molar-refractivity contribution in [2.45, 2.75) is 32.7 Å². The number of nitrogens with zero attached hydrogens (tertiary/aromatic N) is 2. The summed E-state index contributed by atoms with van der Waals surface area (Å²) >= 11 is 5.79. The maximum Gasteiger partial charge on any atom is 0.305 e. The minimum atomic E-state index is -0.300. The lowest BCUT2D eigenvalue weighted by Gasteiger charge is -2.08. The molecule has 4 nitrogen and oxygen atoms in total. The minimum Gasteiger partial charge on any atom is -0.466 e. The van der Waals surface area contributed by atoms with E-state index in [2.05, 4.69) is 4.98 Å². The Hall–Kier alpha value is -1.62. The van der Waals surface area contributed by atoms with E-state index in [4.69, 9.17) is 16.3 Å². The summed E-state index contributed by atoms with van der Waals surface area (Å²) in [5.41, 5.74) is 1.48. The van der Waals surface area contributed by atoms with Gasteiger partial charge in [0.15, 0.2) is 0 Å². The zero-order valence-electron chi connectivity index (χ0n) is 11.9. The maximum atomic E-state index is 13.4. The van der Waals surface area contributed by atoms with Crippen LogP contribution in [0.4, 0.5) is 4.39 Å². The topological polar surface area (TPSA) is 44.1 Å². The van der Waals surface area contributed by atoms with Gasteiger partial charge in [-0.2, -0.15) is 0 Å². The molecule has 1 aromatic heterocycles. The second-order valence-electron chi connectivity index (χ2n) is 4.66. The van der Waals surface area contributed by atoms with Crippen LogP contribution in [0.5, 0.6) is 0 Å². The van der Waals surface area contributed by atoms with Gasteiger partial charge in [-0.05, 0) is 31.5 Å². The Morgan fingerprint density at radius 3 is 3.00 bits per heavy atom. The molecule has 0 fully saturated rings.